The number of halogens is 3. The number of benzene rings is 2. The Labute approximate surface area is 149 Å². The molecule has 0 atom stereocenters. The van der Waals surface area contributed by atoms with E-state index in [0.29, 0.717) is 17.0 Å². The smallest absolute Gasteiger partial charge is 0.194 e. The summed E-state index contributed by atoms with van der Waals surface area (Å²) >= 11 is 0. The Morgan fingerprint density at radius 2 is 1.36 bits per heavy atom. The largest absolute Gasteiger partial charge is 0.204 e. The average molecular weight is 344 g/mol. The van der Waals surface area contributed by atoms with Crippen LogP contribution < -0.4 is 0 Å². The molecule has 0 unspecified atom stereocenters. The minimum absolute atomic E-state index is 0.361. The van der Waals surface area contributed by atoms with Crippen molar-refractivity contribution in [3.63, 3.8) is 0 Å². The minimum Gasteiger partial charge on any atom is -0.204 e. The maximum absolute atomic E-state index is 13.3. The van der Waals surface area contributed by atoms with Crippen molar-refractivity contribution in [3.8, 4) is 11.1 Å². The zero-order valence-corrected chi connectivity index (χ0v) is 14.9. The summed E-state index contributed by atoms with van der Waals surface area (Å²) in [7, 11) is 4.85. The molecule has 0 nitrogen and oxygen atoms in total. The third-order valence-electron chi connectivity index (χ3n) is 4.72. The van der Waals surface area contributed by atoms with Gasteiger partial charge in [0.15, 0.2) is 17.5 Å². The second kappa shape index (κ2) is 9.12. The van der Waals surface area contributed by atoms with Crippen molar-refractivity contribution >= 4 is 7.85 Å². The molecule has 2 radical (unpaired) electrons. The zero-order valence-electron chi connectivity index (χ0n) is 14.9. The lowest BCUT2D eigenvalue weighted by molar-refractivity contribution is 0.348. The summed E-state index contributed by atoms with van der Waals surface area (Å²) in [4.78, 5) is 0. The molecule has 0 amide bonds. The Balaban J connectivity index is 0.000000701. The van der Waals surface area contributed by atoms with E-state index in [-0.39, 0.29) is 0 Å². The normalized spacial score (nSPS) is 19.9. The van der Waals surface area contributed by atoms with Crippen LogP contribution in [0.5, 0.6) is 0 Å². The van der Waals surface area contributed by atoms with Gasteiger partial charge in [0.05, 0.1) is 7.85 Å². The average Bonchev–Trinajstić information content (AvgIpc) is 2.61. The first-order chi connectivity index (χ1) is 12.0. The van der Waals surface area contributed by atoms with E-state index in [4.69, 9.17) is 7.85 Å². The van der Waals surface area contributed by atoms with Crippen molar-refractivity contribution in [2.45, 2.75) is 51.8 Å². The number of hydrogen-bond donors (Lipinski definition) is 0. The van der Waals surface area contributed by atoms with Crippen LogP contribution in [0.4, 0.5) is 13.2 Å². The fraction of sp³-hybridized carbons (Fsp3) is 0.429. The highest BCUT2D eigenvalue weighted by atomic mass is 19.2. The van der Waals surface area contributed by atoms with E-state index >= 15 is 0 Å². The standard InChI is InChI=1S/C19H19F3.C2H5B/c1-12-2-4-13(5-3-12)14-6-8-15(9-7-14)16-10-17(20)19(22)18(21)11-16;1-2-3/h6-13H,2-5H2,1H3;2H2,1H3. The number of rotatable bonds is 2. The van der Waals surface area contributed by atoms with Crippen LogP contribution in [0.2, 0.25) is 6.32 Å². The van der Waals surface area contributed by atoms with Crippen LogP contribution in [0, 0.1) is 23.4 Å². The molecule has 2 aromatic carbocycles. The lowest BCUT2D eigenvalue weighted by Crippen LogP contribution is -2.10. The van der Waals surface area contributed by atoms with Gasteiger partial charge >= 0.3 is 0 Å². The molecule has 132 valence electrons. The monoisotopic (exact) mass is 344 g/mol. The number of hydrogen-bond acceptors (Lipinski definition) is 0. The van der Waals surface area contributed by atoms with E-state index in [1.807, 2.05) is 31.2 Å². The summed E-state index contributed by atoms with van der Waals surface area (Å²) in [6, 6.07) is 9.84. The van der Waals surface area contributed by atoms with Gasteiger partial charge in [-0.3, -0.25) is 0 Å². The Morgan fingerprint density at radius 3 is 1.84 bits per heavy atom. The molecule has 2 aromatic rings. The molecule has 1 fully saturated rings. The first-order valence-corrected chi connectivity index (χ1v) is 8.91. The van der Waals surface area contributed by atoms with Crippen molar-refractivity contribution < 1.29 is 13.2 Å². The molecule has 0 spiro atoms. The fourth-order valence-corrected chi connectivity index (χ4v) is 3.26. The van der Waals surface area contributed by atoms with Gasteiger partial charge in [-0.1, -0.05) is 57.3 Å². The molecule has 25 heavy (non-hydrogen) atoms. The first kappa shape index (κ1) is 19.6. The second-order valence-corrected chi connectivity index (χ2v) is 6.74. The summed E-state index contributed by atoms with van der Waals surface area (Å²) in [6.45, 7) is 4.19. The maximum Gasteiger partial charge on any atom is 0.194 e. The molecule has 1 aliphatic rings. The summed E-state index contributed by atoms with van der Waals surface area (Å²) in [5.41, 5.74) is 2.34. The molecule has 0 N–H and O–H groups in total. The molecule has 3 rings (SSSR count). The van der Waals surface area contributed by atoms with Gasteiger partial charge in [-0.05, 0) is 53.5 Å². The van der Waals surface area contributed by atoms with Gasteiger partial charge in [0.25, 0.3) is 0 Å². The molecule has 1 aliphatic carbocycles. The highest BCUT2D eigenvalue weighted by Crippen LogP contribution is 2.36. The third-order valence-corrected chi connectivity index (χ3v) is 4.72. The van der Waals surface area contributed by atoms with Crippen LogP contribution in [-0.2, 0) is 0 Å². The molecule has 0 bridgehead atoms. The zero-order chi connectivity index (χ0) is 18.4. The molecule has 0 aliphatic heterocycles. The second-order valence-electron chi connectivity index (χ2n) is 6.74. The predicted molar refractivity (Wildman–Crippen MR) is 98.4 cm³/mol. The van der Waals surface area contributed by atoms with Crippen LogP contribution in [-0.4, -0.2) is 7.85 Å². The van der Waals surface area contributed by atoms with Crippen molar-refractivity contribution in [2.75, 3.05) is 0 Å². The molecule has 0 saturated heterocycles. The first-order valence-electron chi connectivity index (χ1n) is 8.91. The molecular formula is C21H24BF3. The Morgan fingerprint density at radius 1 is 0.880 bits per heavy atom. The Bertz CT molecular complexity index is 651. The van der Waals surface area contributed by atoms with E-state index in [9.17, 15) is 13.2 Å². The van der Waals surface area contributed by atoms with E-state index < -0.39 is 17.5 Å². The van der Waals surface area contributed by atoms with Gasteiger partial charge in [0, 0.05) is 0 Å². The summed E-state index contributed by atoms with van der Waals surface area (Å²) < 4.78 is 39.6. The van der Waals surface area contributed by atoms with Gasteiger partial charge in [-0.15, -0.1) is 0 Å². The van der Waals surface area contributed by atoms with Gasteiger partial charge in [0.1, 0.15) is 0 Å². The molecule has 0 aromatic heterocycles. The van der Waals surface area contributed by atoms with Gasteiger partial charge in [0.2, 0.25) is 0 Å². The van der Waals surface area contributed by atoms with Crippen molar-refractivity contribution in [1.82, 2.24) is 0 Å². The SMILES string of the molecule is CC1CCC(c2ccc(-c3cc(F)c(F)c(F)c3)cc2)CC1.[B]CC. The highest BCUT2D eigenvalue weighted by molar-refractivity contribution is 6.08. The highest BCUT2D eigenvalue weighted by Gasteiger charge is 2.19. The summed E-state index contributed by atoms with van der Waals surface area (Å²) in [5, 5.41) is 0. The van der Waals surface area contributed by atoms with Crippen LogP contribution in [0.1, 0.15) is 51.0 Å². The van der Waals surface area contributed by atoms with E-state index in [2.05, 4.69) is 6.92 Å². The predicted octanol–water partition coefficient (Wildman–Crippen LogP) is 6.66. The summed E-state index contributed by atoms with van der Waals surface area (Å²) in [5.74, 6) is -2.34. The quantitative estimate of drug-likeness (QED) is 0.422. The topological polar surface area (TPSA) is 0 Å². The van der Waals surface area contributed by atoms with E-state index in [0.717, 1.165) is 24.4 Å². The van der Waals surface area contributed by atoms with Gasteiger partial charge < -0.3 is 0 Å². The van der Waals surface area contributed by atoms with E-state index in [1.54, 1.807) is 0 Å². The Kier molecular flexibility index (Phi) is 7.16. The molecule has 0 heterocycles. The van der Waals surface area contributed by atoms with Crippen LogP contribution in [0.3, 0.4) is 0 Å². The molecular weight excluding hydrogens is 320 g/mol. The van der Waals surface area contributed by atoms with E-state index in [1.165, 1.54) is 31.2 Å². The minimum atomic E-state index is -1.42. The van der Waals surface area contributed by atoms with Gasteiger partial charge in [-0.25, -0.2) is 13.2 Å². The lowest BCUT2D eigenvalue weighted by atomic mass is 9.79. The third kappa shape index (κ3) is 5.13. The van der Waals surface area contributed by atoms with Crippen molar-refractivity contribution in [3.05, 3.63) is 59.4 Å². The van der Waals surface area contributed by atoms with Crippen LogP contribution in [0.15, 0.2) is 36.4 Å². The molecule has 4 heteroatoms. The van der Waals surface area contributed by atoms with Crippen molar-refractivity contribution in [1.29, 1.82) is 0 Å². The van der Waals surface area contributed by atoms with Crippen LogP contribution >= 0.6 is 0 Å². The summed E-state index contributed by atoms with van der Waals surface area (Å²) in [6.07, 6.45) is 5.64. The van der Waals surface area contributed by atoms with Crippen molar-refractivity contribution in [2.24, 2.45) is 5.92 Å². The fourth-order valence-electron chi connectivity index (χ4n) is 3.26. The molecule has 1 saturated carbocycles. The lowest BCUT2D eigenvalue weighted by Gasteiger charge is -2.26. The maximum atomic E-state index is 13.3. The van der Waals surface area contributed by atoms with Gasteiger partial charge in [-0.2, -0.15) is 0 Å². The Hall–Kier alpha value is -1.71. The van der Waals surface area contributed by atoms with Crippen LogP contribution in [0.25, 0.3) is 11.1 Å².